The average molecular weight is 464 g/mol. The number of aromatic nitrogens is 5. The fourth-order valence-corrected chi connectivity index (χ4v) is 5.08. The number of aryl methyl sites for hydroxylation is 1. The fraction of sp³-hybridized carbons (Fsp3) is 0.500. The Morgan fingerprint density at radius 3 is 2.85 bits per heavy atom. The number of rotatable bonds is 3. The lowest BCUT2D eigenvalue weighted by molar-refractivity contribution is -0.126. The molecule has 2 aliphatic rings. The molecule has 0 bridgehead atoms. The van der Waals surface area contributed by atoms with Gasteiger partial charge in [0.15, 0.2) is 5.82 Å². The summed E-state index contributed by atoms with van der Waals surface area (Å²) in [5.41, 5.74) is 0.773. The number of nitrogens with one attached hydrogen (secondary N) is 1. The zero-order valence-corrected chi connectivity index (χ0v) is 19.3. The third-order valence-corrected chi connectivity index (χ3v) is 6.88. The van der Waals surface area contributed by atoms with Crippen molar-refractivity contribution in [3.63, 3.8) is 0 Å². The number of hydrogen-bond donors (Lipinski definition) is 1. The van der Waals surface area contributed by atoms with Gasteiger partial charge in [-0.2, -0.15) is 4.98 Å². The highest BCUT2D eigenvalue weighted by Gasteiger charge is 2.46. The highest BCUT2D eigenvalue weighted by atomic mass is 16.5. The van der Waals surface area contributed by atoms with Crippen LogP contribution in [0.1, 0.15) is 61.0 Å². The van der Waals surface area contributed by atoms with Gasteiger partial charge in [0.25, 0.3) is 5.91 Å². The van der Waals surface area contributed by atoms with Crippen LogP contribution >= 0.6 is 0 Å². The van der Waals surface area contributed by atoms with Crippen LogP contribution in [0.25, 0.3) is 11.4 Å². The molecule has 3 aromatic rings. The highest BCUT2D eigenvalue weighted by Crippen LogP contribution is 2.41. The fourth-order valence-electron chi connectivity index (χ4n) is 5.08. The lowest BCUT2D eigenvalue weighted by atomic mass is 10.00. The first-order chi connectivity index (χ1) is 16.6. The van der Waals surface area contributed by atoms with E-state index in [9.17, 15) is 9.59 Å². The first-order valence-electron chi connectivity index (χ1n) is 11.9. The van der Waals surface area contributed by atoms with Crippen LogP contribution < -0.4 is 5.32 Å². The molecule has 0 spiro atoms. The van der Waals surface area contributed by atoms with Gasteiger partial charge in [0.2, 0.25) is 17.6 Å². The van der Waals surface area contributed by atoms with E-state index >= 15 is 0 Å². The Kier molecular flexibility index (Phi) is 6.37. The molecular weight excluding hydrogens is 434 g/mol. The first-order valence-corrected chi connectivity index (χ1v) is 11.9. The van der Waals surface area contributed by atoms with Gasteiger partial charge in [0.05, 0.1) is 5.92 Å². The minimum atomic E-state index is -0.346. The molecule has 3 aromatic heterocycles. The monoisotopic (exact) mass is 463 g/mol. The summed E-state index contributed by atoms with van der Waals surface area (Å²) in [6.45, 7) is 1.25. The molecule has 1 N–H and O–H groups in total. The Morgan fingerprint density at radius 1 is 1.18 bits per heavy atom. The Bertz CT molecular complexity index is 1140. The number of hydrogen-bond acceptors (Lipinski definition) is 7. The number of nitrogens with zero attached hydrogens (tertiary/aromatic N) is 6. The largest absolute Gasteiger partial charge is 0.356 e. The van der Waals surface area contributed by atoms with E-state index in [1.165, 1.54) is 0 Å². The number of pyridine rings is 1. The van der Waals surface area contributed by atoms with Crippen LogP contribution in [0.4, 0.5) is 0 Å². The second-order valence-corrected chi connectivity index (χ2v) is 9.11. The van der Waals surface area contributed by atoms with E-state index in [1.54, 1.807) is 29.4 Å². The van der Waals surface area contributed by atoms with Gasteiger partial charge in [-0.05, 0) is 37.8 Å². The predicted molar refractivity (Wildman–Crippen MR) is 123 cm³/mol. The van der Waals surface area contributed by atoms with Gasteiger partial charge in [-0.25, -0.2) is 4.98 Å². The van der Waals surface area contributed by atoms with E-state index in [0.29, 0.717) is 43.5 Å². The van der Waals surface area contributed by atoms with Gasteiger partial charge in [-0.1, -0.05) is 18.0 Å². The average Bonchev–Trinajstić information content (AvgIpc) is 3.60. The van der Waals surface area contributed by atoms with Crippen LogP contribution in [0.3, 0.4) is 0 Å². The molecule has 10 heteroatoms. The van der Waals surface area contributed by atoms with E-state index < -0.39 is 0 Å². The minimum absolute atomic E-state index is 0.0148. The number of carbonyl (C=O) groups is 2. The summed E-state index contributed by atoms with van der Waals surface area (Å²) >= 11 is 0. The van der Waals surface area contributed by atoms with Gasteiger partial charge < -0.3 is 19.3 Å². The Balaban J connectivity index is 1.44. The molecule has 10 nitrogen and oxygen atoms in total. The van der Waals surface area contributed by atoms with Crippen LogP contribution in [-0.2, 0) is 11.8 Å². The minimum Gasteiger partial charge on any atom is -0.356 e. The first kappa shape index (κ1) is 22.2. The number of amides is 2. The Labute approximate surface area is 197 Å². The summed E-state index contributed by atoms with van der Waals surface area (Å²) in [6.07, 6.45) is 11.8. The Hall–Kier alpha value is -3.56. The zero-order valence-electron chi connectivity index (χ0n) is 19.3. The van der Waals surface area contributed by atoms with Crippen molar-refractivity contribution in [2.75, 3.05) is 13.1 Å². The maximum absolute atomic E-state index is 13.6. The second kappa shape index (κ2) is 9.74. The molecule has 34 heavy (non-hydrogen) atoms. The maximum atomic E-state index is 13.6. The molecule has 178 valence electrons. The van der Waals surface area contributed by atoms with Crippen molar-refractivity contribution in [3.05, 3.63) is 48.6 Å². The SMILES string of the molecule is Cn1ccnc1C(=O)N1CCCCCCNC(=O)C2CC(c3nc(-c4cccnc4)no3)CC21. The topological polar surface area (TPSA) is 119 Å². The molecule has 0 aromatic carbocycles. The normalized spacial score (nSPS) is 23.7. The van der Waals surface area contributed by atoms with E-state index in [2.05, 4.69) is 25.4 Å². The van der Waals surface area contributed by atoms with Crippen molar-refractivity contribution in [1.82, 2.24) is 34.9 Å². The van der Waals surface area contributed by atoms with Crippen LogP contribution in [0.2, 0.25) is 0 Å². The number of carbonyl (C=O) groups excluding carboxylic acids is 2. The lowest BCUT2D eigenvalue weighted by Gasteiger charge is -2.32. The number of imidazole rings is 1. The van der Waals surface area contributed by atoms with Crippen molar-refractivity contribution in [1.29, 1.82) is 0 Å². The van der Waals surface area contributed by atoms with Gasteiger partial charge in [0, 0.05) is 62.4 Å². The van der Waals surface area contributed by atoms with Crippen molar-refractivity contribution >= 4 is 11.8 Å². The van der Waals surface area contributed by atoms with E-state index in [-0.39, 0.29) is 29.7 Å². The van der Waals surface area contributed by atoms with Gasteiger partial charge in [0.1, 0.15) is 0 Å². The van der Waals surface area contributed by atoms with E-state index in [4.69, 9.17) is 4.52 Å². The third kappa shape index (κ3) is 4.44. The molecule has 4 heterocycles. The summed E-state index contributed by atoms with van der Waals surface area (Å²) in [5, 5.41) is 7.22. The smallest absolute Gasteiger partial charge is 0.290 e. The lowest BCUT2D eigenvalue weighted by Crippen LogP contribution is -2.48. The van der Waals surface area contributed by atoms with Crippen molar-refractivity contribution in [2.45, 2.75) is 50.5 Å². The highest BCUT2D eigenvalue weighted by molar-refractivity contribution is 5.92. The van der Waals surface area contributed by atoms with Gasteiger partial charge >= 0.3 is 0 Å². The van der Waals surface area contributed by atoms with Crippen molar-refractivity contribution in [3.8, 4) is 11.4 Å². The quantitative estimate of drug-likeness (QED) is 0.634. The van der Waals surface area contributed by atoms with Crippen molar-refractivity contribution in [2.24, 2.45) is 13.0 Å². The molecule has 2 fully saturated rings. The molecule has 3 unspecified atom stereocenters. The van der Waals surface area contributed by atoms with E-state index in [1.807, 2.05) is 24.1 Å². The van der Waals surface area contributed by atoms with Gasteiger partial charge in [-0.15, -0.1) is 0 Å². The summed E-state index contributed by atoms with van der Waals surface area (Å²) in [6, 6.07) is 3.44. The molecule has 0 radical (unpaired) electrons. The summed E-state index contributed by atoms with van der Waals surface area (Å²) < 4.78 is 7.35. The molecule has 5 rings (SSSR count). The maximum Gasteiger partial charge on any atom is 0.290 e. The second-order valence-electron chi connectivity index (χ2n) is 9.11. The van der Waals surface area contributed by atoms with Crippen molar-refractivity contribution < 1.29 is 14.1 Å². The van der Waals surface area contributed by atoms with E-state index in [0.717, 1.165) is 31.2 Å². The third-order valence-electron chi connectivity index (χ3n) is 6.88. The summed E-state index contributed by atoms with van der Waals surface area (Å²) in [7, 11) is 1.81. The van der Waals surface area contributed by atoms with Crippen LogP contribution in [0.5, 0.6) is 0 Å². The molecule has 1 saturated heterocycles. The van der Waals surface area contributed by atoms with Crippen LogP contribution in [0.15, 0.2) is 41.4 Å². The zero-order chi connectivity index (χ0) is 23.5. The summed E-state index contributed by atoms with van der Waals surface area (Å²) in [4.78, 5) is 41.6. The Morgan fingerprint density at radius 2 is 2.06 bits per heavy atom. The van der Waals surface area contributed by atoms with Crippen LogP contribution in [0, 0.1) is 5.92 Å². The molecule has 2 amide bonds. The molecule has 1 saturated carbocycles. The van der Waals surface area contributed by atoms with Gasteiger partial charge in [-0.3, -0.25) is 14.6 Å². The standard InChI is InChI=1S/C24H29N7O3/c1-30-12-10-26-21(30)24(33)31-11-5-3-2-4-9-27-22(32)18-13-17(14-19(18)31)23-28-20(29-34-23)16-7-6-8-25-15-16/h6-8,10,12,15,17-19H,2-5,9,11,13-14H2,1H3,(H,27,32). The molecule has 3 atom stereocenters. The number of fused-ring (bicyclic) bond motifs is 1. The predicted octanol–water partition coefficient (Wildman–Crippen LogP) is 2.56. The molecule has 1 aliphatic heterocycles. The molecular formula is C24H29N7O3. The summed E-state index contributed by atoms with van der Waals surface area (Å²) in [5.74, 6) is 0.739. The van der Waals surface area contributed by atoms with Crippen LogP contribution in [-0.4, -0.2) is 60.5 Å². The molecule has 1 aliphatic carbocycles.